The van der Waals surface area contributed by atoms with Crippen LogP contribution in [0, 0.1) is 0 Å². The molecule has 0 bridgehead atoms. The van der Waals surface area contributed by atoms with Gasteiger partial charge in [0, 0.05) is 11.1 Å². The molecule has 4 aromatic carbocycles. The summed E-state index contributed by atoms with van der Waals surface area (Å²) >= 11 is 0. The van der Waals surface area contributed by atoms with Crippen molar-refractivity contribution in [1.82, 2.24) is 0 Å². The van der Waals surface area contributed by atoms with Gasteiger partial charge in [0.05, 0.1) is 9.79 Å². The van der Waals surface area contributed by atoms with Crippen LogP contribution in [0.2, 0.25) is 0 Å². The van der Waals surface area contributed by atoms with E-state index in [0.717, 1.165) is 60.8 Å². The van der Waals surface area contributed by atoms with Crippen LogP contribution in [0.5, 0.6) is 0 Å². The third-order valence-corrected chi connectivity index (χ3v) is 14.7. The van der Waals surface area contributed by atoms with E-state index >= 15 is 0 Å². The van der Waals surface area contributed by atoms with Crippen molar-refractivity contribution in [3.8, 4) is 22.3 Å². The quantitative estimate of drug-likeness (QED) is 0.0255. The Labute approximate surface area is 426 Å². The Bertz CT molecular complexity index is 1910. The van der Waals surface area contributed by atoms with Gasteiger partial charge < -0.3 is 9.11 Å². The van der Waals surface area contributed by atoms with E-state index in [2.05, 4.69) is 13.8 Å². The molecule has 9 heteroatoms. The summed E-state index contributed by atoms with van der Waals surface area (Å²) in [6.07, 6.45) is 41.2. The zero-order valence-corrected chi connectivity index (χ0v) is 44.9. The summed E-state index contributed by atoms with van der Waals surface area (Å²) in [5.41, 5.74) is 4.66. The monoisotopic (exact) mass is 967 g/mol. The minimum Gasteiger partial charge on any atom is -0.744 e. The molecule has 0 heterocycles. The zero-order valence-electron chi connectivity index (χ0n) is 41.8. The predicted molar refractivity (Wildman–Crippen MR) is 283 cm³/mol. The van der Waals surface area contributed by atoms with Gasteiger partial charge in [-0.3, -0.25) is 0 Å². The second kappa shape index (κ2) is 37.3. The molecule has 0 aromatic heterocycles. The molecule has 368 valence electrons. The molecular formula is C58H86MgO6S2. The maximum Gasteiger partial charge on any atom is 2.00 e. The number of hydrogen-bond acceptors (Lipinski definition) is 6. The molecule has 4 aromatic rings. The Hall–Kier alpha value is -2.53. The van der Waals surface area contributed by atoms with Crippen molar-refractivity contribution in [3.63, 3.8) is 0 Å². The van der Waals surface area contributed by atoms with E-state index in [1.54, 1.807) is 12.1 Å². The van der Waals surface area contributed by atoms with Gasteiger partial charge in [0.1, 0.15) is 20.2 Å². The van der Waals surface area contributed by atoms with Crippen LogP contribution < -0.4 is 0 Å². The van der Waals surface area contributed by atoms with Gasteiger partial charge in [-0.15, -0.1) is 0 Å². The number of aryl methyl sites for hydroxylation is 2. The molecule has 0 N–H and O–H groups in total. The summed E-state index contributed by atoms with van der Waals surface area (Å²) in [5.74, 6) is 0. The van der Waals surface area contributed by atoms with E-state index in [1.807, 2.05) is 72.8 Å². The molecule has 0 radical (unpaired) electrons. The third-order valence-electron chi connectivity index (χ3n) is 13.0. The first-order valence-corrected chi connectivity index (χ1v) is 29.2. The number of unbranched alkanes of at least 4 members (excludes halogenated alkanes) is 28. The van der Waals surface area contributed by atoms with Crippen LogP contribution in [0.1, 0.15) is 218 Å². The van der Waals surface area contributed by atoms with E-state index in [1.165, 1.54) is 179 Å². The van der Waals surface area contributed by atoms with Crippen molar-refractivity contribution < 1.29 is 25.9 Å². The molecule has 0 saturated carbocycles. The number of hydrogen-bond donors (Lipinski definition) is 0. The summed E-state index contributed by atoms with van der Waals surface area (Å²) in [7, 11) is -9.03. The van der Waals surface area contributed by atoms with Crippen molar-refractivity contribution in [1.29, 1.82) is 0 Å². The first-order valence-electron chi connectivity index (χ1n) is 26.3. The Morgan fingerprint density at radius 3 is 0.791 bits per heavy atom. The fourth-order valence-electron chi connectivity index (χ4n) is 9.22. The van der Waals surface area contributed by atoms with E-state index < -0.39 is 20.2 Å². The maximum absolute atomic E-state index is 11.8. The molecule has 0 saturated heterocycles. The van der Waals surface area contributed by atoms with Crippen molar-refractivity contribution in [2.24, 2.45) is 0 Å². The van der Waals surface area contributed by atoms with E-state index in [-0.39, 0.29) is 32.8 Å². The second-order valence-electron chi connectivity index (χ2n) is 18.6. The van der Waals surface area contributed by atoms with Gasteiger partial charge in [-0.2, -0.15) is 0 Å². The van der Waals surface area contributed by atoms with Crippen LogP contribution in [0.4, 0.5) is 0 Å². The minimum atomic E-state index is -4.51. The molecule has 0 atom stereocenters. The second-order valence-corrected chi connectivity index (χ2v) is 21.3. The van der Waals surface area contributed by atoms with E-state index in [9.17, 15) is 25.9 Å². The van der Waals surface area contributed by atoms with Crippen molar-refractivity contribution in [2.45, 2.75) is 229 Å². The fraction of sp³-hybridized carbons (Fsp3) is 0.586. The smallest absolute Gasteiger partial charge is 0.744 e. The molecule has 0 fully saturated rings. The van der Waals surface area contributed by atoms with Gasteiger partial charge in [0.2, 0.25) is 0 Å². The Kier molecular flexibility index (Phi) is 33.7. The number of benzene rings is 4. The van der Waals surface area contributed by atoms with Crippen LogP contribution in [0.25, 0.3) is 22.3 Å². The van der Waals surface area contributed by atoms with Crippen molar-refractivity contribution in [3.05, 3.63) is 108 Å². The van der Waals surface area contributed by atoms with Crippen LogP contribution in [0.15, 0.2) is 107 Å². The summed E-state index contributed by atoms with van der Waals surface area (Å²) in [6, 6.07) is 29.0. The molecular weight excluding hydrogens is 881 g/mol. The third kappa shape index (κ3) is 26.3. The Morgan fingerprint density at radius 1 is 0.313 bits per heavy atom. The first-order chi connectivity index (χ1) is 32.1. The van der Waals surface area contributed by atoms with Gasteiger partial charge in [-0.1, -0.05) is 279 Å². The summed E-state index contributed by atoms with van der Waals surface area (Å²) in [4.78, 5) is -0.209. The van der Waals surface area contributed by atoms with Gasteiger partial charge in [0.15, 0.2) is 0 Å². The average molecular weight is 968 g/mol. The van der Waals surface area contributed by atoms with Crippen molar-refractivity contribution in [2.75, 3.05) is 0 Å². The Morgan fingerprint density at radius 2 is 0.552 bits per heavy atom. The summed E-state index contributed by atoms with van der Waals surface area (Å²) in [5, 5.41) is 0. The zero-order chi connectivity index (χ0) is 47.6. The van der Waals surface area contributed by atoms with Gasteiger partial charge in [0.25, 0.3) is 0 Å². The van der Waals surface area contributed by atoms with Gasteiger partial charge in [-0.05, 0) is 60.1 Å². The Balaban J connectivity index is 0.000000453. The molecule has 4 rings (SSSR count). The molecule has 0 unspecified atom stereocenters. The predicted octanol–water partition coefficient (Wildman–Crippen LogP) is 17.0. The first kappa shape index (κ1) is 60.6. The molecule has 0 aliphatic heterocycles. The standard InChI is InChI=1S/2C29H44O3S.Mg/c2*1-2-3-4-5-6-7-8-9-10-11-12-13-14-15-17-21-27-24-20-25-28(33(30,31)32)29(27)26-22-18-16-19-23-26;/h2*16,18-20,22-25H,2-15,17,21H2,1H3,(H,30,31,32);/q;;+2/p-2. The van der Waals surface area contributed by atoms with Crippen molar-refractivity contribution >= 4 is 43.3 Å². The van der Waals surface area contributed by atoms with Crippen LogP contribution in [-0.2, 0) is 33.1 Å². The molecule has 0 aliphatic rings. The SMILES string of the molecule is CCCCCCCCCCCCCCCCCc1cccc(S(=O)(=O)[O-])c1-c1ccccc1.CCCCCCCCCCCCCCCCCc1cccc(S(=O)(=O)[O-])c1-c1ccccc1.[Mg+2]. The summed E-state index contributed by atoms with van der Waals surface area (Å²) < 4.78 is 71.0. The minimum absolute atomic E-state index is 0. The van der Waals surface area contributed by atoms with Gasteiger partial charge in [-0.25, -0.2) is 16.8 Å². The summed E-state index contributed by atoms with van der Waals surface area (Å²) in [6.45, 7) is 4.54. The largest absolute Gasteiger partial charge is 2.00 e. The normalized spacial score (nSPS) is 11.5. The number of rotatable bonds is 36. The maximum atomic E-state index is 11.8. The van der Waals surface area contributed by atoms with Crippen LogP contribution >= 0.6 is 0 Å². The topological polar surface area (TPSA) is 114 Å². The van der Waals surface area contributed by atoms with E-state index in [0.29, 0.717) is 11.1 Å². The molecule has 0 spiro atoms. The van der Waals surface area contributed by atoms with Gasteiger partial charge >= 0.3 is 23.1 Å². The molecule has 67 heavy (non-hydrogen) atoms. The fourth-order valence-corrected chi connectivity index (χ4v) is 10.7. The van der Waals surface area contributed by atoms with Crippen LogP contribution in [-0.4, -0.2) is 49.0 Å². The van der Waals surface area contributed by atoms with Crippen LogP contribution in [0.3, 0.4) is 0 Å². The molecule has 0 aliphatic carbocycles. The molecule has 6 nitrogen and oxygen atoms in total. The molecule has 0 amide bonds. The van der Waals surface area contributed by atoms with E-state index in [4.69, 9.17) is 0 Å². The average Bonchev–Trinajstić information content (AvgIpc) is 3.31.